The van der Waals surface area contributed by atoms with Gasteiger partial charge < -0.3 is 20.9 Å². The molecule has 0 spiro atoms. The van der Waals surface area contributed by atoms with E-state index in [9.17, 15) is 4.79 Å². The van der Waals surface area contributed by atoms with Crippen molar-refractivity contribution in [2.45, 2.75) is 62.1 Å². The van der Waals surface area contributed by atoms with Crippen LogP contribution in [0.15, 0.2) is 0 Å². The highest BCUT2D eigenvalue weighted by molar-refractivity contribution is 5.84. The summed E-state index contributed by atoms with van der Waals surface area (Å²) in [5.74, 6) is -0.200. The summed E-state index contributed by atoms with van der Waals surface area (Å²) in [4.78, 5) is 16.7. The summed E-state index contributed by atoms with van der Waals surface area (Å²) >= 11 is 0. The van der Waals surface area contributed by atoms with E-state index in [4.69, 9.17) is 5.73 Å². The van der Waals surface area contributed by atoms with Crippen LogP contribution in [0.3, 0.4) is 0 Å². The molecule has 0 aromatic rings. The lowest BCUT2D eigenvalue weighted by Crippen LogP contribution is -2.62. The molecular formula is C16H32N4O. The fraction of sp³-hybridized carbons (Fsp3) is 0.938. The Bertz CT molecular complexity index is 380. The second-order valence-corrected chi connectivity index (χ2v) is 7.33. The lowest BCUT2D eigenvalue weighted by molar-refractivity contribution is -0.126. The Morgan fingerprint density at radius 3 is 2.33 bits per heavy atom. The molecule has 2 fully saturated rings. The van der Waals surface area contributed by atoms with Gasteiger partial charge in [-0.3, -0.25) is 4.79 Å². The molecule has 2 aliphatic carbocycles. The molecule has 2 rings (SSSR count). The standard InChI is InChI=1S/C16H32N4O/c1-18-16(14(17)21)10-5-7-13(11-16)20(4)12-15(19(2)3)8-6-9-15/h13,18H,5-12H2,1-4H3,(H2,17,21). The number of rotatable bonds is 6. The number of carbonyl (C=O) groups is 1. The predicted octanol–water partition coefficient (Wildman–Crippen LogP) is 0.789. The first-order valence-electron chi connectivity index (χ1n) is 8.22. The van der Waals surface area contributed by atoms with E-state index >= 15 is 0 Å². The van der Waals surface area contributed by atoms with Crippen molar-refractivity contribution >= 4 is 5.91 Å². The van der Waals surface area contributed by atoms with Gasteiger partial charge in [-0.05, 0) is 73.1 Å². The first-order chi connectivity index (χ1) is 9.85. The van der Waals surface area contributed by atoms with Crippen LogP contribution in [-0.4, -0.2) is 67.6 Å². The highest BCUT2D eigenvalue weighted by Gasteiger charge is 2.44. The minimum atomic E-state index is -0.512. The van der Waals surface area contributed by atoms with Crippen LogP contribution in [0.1, 0.15) is 44.9 Å². The molecule has 0 aliphatic heterocycles. The van der Waals surface area contributed by atoms with Crippen molar-refractivity contribution in [3.63, 3.8) is 0 Å². The molecule has 122 valence electrons. The molecule has 21 heavy (non-hydrogen) atoms. The summed E-state index contributed by atoms with van der Waals surface area (Å²) in [6, 6.07) is 0.441. The van der Waals surface area contributed by atoms with Gasteiger partial charge in [0.1, 0.15) is 0 Å². The Kier molecular flexibility index (Phi) is 4.96. The molecule has 2 saturated carbocycles. The summed E-state index contributed by atoms with van der Waals surface area (Å²) in [6.07, 6.45) is 7.82. The van der Waals surface area contributed by atoms with Gasteiger partial charge in [-0.15, -0.1) is 0 Å². The zero-order chi connectivity index (χ0) is 15.7. The summed E-state index contributed by atoms with van der Waals surface area (Å²) in [6.45, 7) is 1.09. The lowest BCUT2D eigenvalue weighted by Gasteiger charge is -2.51. The fourth-order valence-corrected chi connectivity index (χ4v) is 4.12. The molecule has 0 heterocycles. The zero-order valence-corrected chi connectivity index (χ0v) is 14.1. The van der Waals surface area contributed by atoms with E-state index < -0.39 is 5.54 Å². The number of carbonyl (C=O) groups excluding carboxylic acids is 1. The average molecular weight is 296 g/mol. The van der Waals surface area contributed by atoms with Gasteiger partial charge in [0.2, 0.25) is 5.91 Å². The molecule has 0 radical (unpaired) electrons. The van der Waals surface area contributed by atoms with E-state index in [1.807, 2.05) is 7.05 Å². The molecule has 1 amide bonds. The van der Waals surface area contributed by atoms with Crippen molar-refractivity contribution in [2.24, 2.45) is 5.73 Å². The molecular weight excluding hydrogens is 264 g/mol. The maximum atomic E-state index is 11.9. The second kappa shape index (κ2) is 6.23. The zero-order valence-electron chi connectivity index (χ0n) is 14.1. The minimum absolute atomic E-state index is 0.200. The van der Waals surface area contributed by atoms with Crippen LogP contribution < -0.4 is 11.1 Å². The molecule has 0 aromatic carbocycles. The highest BCUT2D eigenvalue weighted by Crippen LogP contribution is 2.38. The summed E-state index contributed by atoms with van der Waals surface area (Å²) in [5.41, 5.74) is 5.48. The molecule has 0 aromatic heterocycles. The van der Waals surface area contributed by atoms with E-state index in [0.29, 0.717) is 11.6 Å². The predicted molar refractivity (Wildman–Crippen MR) is 86.1 cm³/mol. The quantitative estimate of drug-likeness (QED) is 0.761. The van der Waals surface area contributed by atoms with Gasteiger partial charge in [0.15, 0.2) is 0 Å². The van der Waals surface area contributed by atoms with E-state index in [0.717, 1.165) is 32.2 Å². The molecule has 0 bridgehead atoms. The highest BCUT2D eigenvalue weighted by atomic mass is 16.1. The smallest absolute Gasteiger partial charge is 0.237 e. The summed E-state index contributed by atoms with van der Waals surface area (Å²) in [5, 5.41) is 3.20. The Balaban J connectivity index is 2.02. The molecule has 5 heteroatoms. The Morgan fingerprint density at radius 1 is 1.24 bits per heavy atom. The van der Waals surface area contributed by atoms with E-state index in [1.54, 1.807) is 0 Å². The number of nitrogens with two attached hydrogens (primary N) is 1. The van der Waals surface area contributed by atoms with Gasteiger partial charge in [0.05, 0.1) is 5.54 Å². The Hall–Kier alpha value is -0.650. The van der Waals surface area contributed by atoms with Gasteiger partial charge in [-0.25, -0.2) is 0 Å². The van der Waals surface area contributed by atoms with Crippen molar-refractivity contribution in [1.82, 2.24) is 15.1 Å². The van der Waals surface area contributed by atoms with Crippen LogP contribution in [-0.2, 0) is 4.79 Å². The van der Waals surface area contributed by atoms with E-state index in [-0.39, 0.29) is 5.91 Å². The minimum Gasteiger partial charge on any atom is -0.368 e. The average Bonchev–Trinajstić information content (AvgIpc) is 2.41. The third-order valence-corrected chi connectivity index (χ3v) is 6.08. The van der Waals surface area contributed by atoms with Crippen LogP contribution in [0.4, 0.5) is 0 Å². The maximum Gasteiger partial charge on any atom is 0.237 e. The summed E-state index contributed by atoms with van der Waals surface area (Å²) in [7, 11) is 8.45. The maximum absolute atomic E-state index is 11.9. The molecule has 3 N–H and O–H groups in total. The number of nitrogens with one attached hydrogen (secondary N) is 1. The second-order valence-electron chi connectivity index (χ2n) is 7.33. The van der Waals surface area contributed by atoms with Crippen LogP contribution in [0.5, 0.6) is 0 Å². The van der Waals surface area contributed by atoms with Crippen molar-refractivity contribution in [3.8, 4) is 0 Å². The van der Waals surface area contributed by atoms with Crippen LogP contribution in [0.2, 0.25) is 0 Å². The lowest BCUT2D eigenvalue weighted by atomic mass is 9.73. The number of likely N-dealkylation sites (N-methyl/N-ethyl adjacent to an activating group) is 3. The Labute approximate surface area is 129 Å². The summed E-state index contributed by atoms with van der Waals surface area (Å²) < 4.78 is 0. The van der Waals surface area contributed by atoms with E-state index in [2.05, 4.69) is 36.3 Å². The largest absolute Gasteiger partial charge is 0.368 e. The fourth-order valence-electron chi connectivity index (χ4n) is 4.12. The normalized spacial score (nSPS) is 32.2. The molecule has 0 saturated heterocycles. The first kappa shape index (κ1) is 16.7. The van der Waals surface area contributed by atoms with Crippen molar-refractivity contribution in [3.05, 3.63) is 0 Å². The SMILES string of the molecule is CNC1(C(N)=O)CCCC(N(C)CC2(N(C)C)CCC2)C1. The van der Waals surface area contributed by atoms with Crippen LogP contribution in [0, 0.1) is 0 Å². The molecule has 2 atom stereocenters. The van der Waals surface area contributed by atoms with Gasteiger partial charge in [0, 0.05) is 18.1 Å². The number of primary amides is 1. The van der Waals surface area contributed by atoms with Gasteiger partial charge in [-0.1, -0.05) is 0 Å². The molecule has 2 aliphatic rings. The third-order valence-electron chi connectivity index (χ3n) is 6.08. The van der Waals surface area contributed by atoms with E-state index in [1.165, 1.54) is 19.3 Å². The van der Waals surface area contributed by atoms with Gasteiger partial charge in [0.25, 0.3) is 0 Å². The monoisotopic (exact) mass is 296 g/mol. The van der Waals surface area contributed by atoms with Crippen LogP contribution >= 0.6 is 0 Å². The molecule has 2 unspecified atom stereocenters. The van der Waals surface area contributed by atoms with Gasteiger partial charge in [-0.2, -0.15) is 0 Å². The van der Waals surface area contributed by atoms with Gasteiger partial charge >= 0.3 is 0 Å². The number of nitrogens with zero attached hydrogens (tertiary/aromatic N) is 2. The third kappa shape index (κ3) is 3.10. The van der Waals surface area contributed by atoms with Crippen molar-refractivity contribution in [1.29, 1.82) is 0 Å². The Morgan fingerprint density at radius 2 is 1.90 bits per heavy atom. The first-order valence-corrected chi connectivity index (χ1v) is 8.22. The number of hydrogen-bond acceptors (Lipinski definition) is 4. The van der Waals surface area contributed by atoms with Crippen molar-refractivity contribution in [2.75, 3.05) is 34.7 Å². The number of amides is 1. The molecule has 5 nitrogen and oxygen atoms in total. The topological polar surface area (TPSA) is 61.6 Å². The number of hydrogen-bond donors (Lipinski definition) is 2. The van der Waals surface area contributed by atoms with Crippen LogP contribution in [0.25, 0.3) is 0 Å². The van der Waals surface area contributed by atoms with Crippen molar-refractivity contribution < 1.29 is 4.79 Å².